The van der Waals surface area contributed by atoms with Gasteiger partial charge < -0.3 is 10.1 Å². The van der Waals surface area contributed by atoms with Gasteiger partial charge in [-0.05, 0) is 44.6 Å². The Bertz CT molecular complexity index is 753. The van der Waals surface area contributed by atoms with E-state index in [2.05, 4.69) is 21.9 Å². The van der Waals surface area contributed by atoms with E-state index in [0.29, 0.717) is 25.7 Å². The zero-order valence-corrected chi connectivity index (χ0v) is 15.6. The first-order valence-corrected chi connectivity index (χ1v) is 10.1. The normalized spacial score (nSPS) is 23.6. The summed E-state index contributed by atoms with van der Waals surface area (Å²) in [5, 5.41) is 7.28. The molecular formula is C21H27N3O3. The molecule has 2 heterocycles. The van der Waals surface area contributed by atoms with Gasteiger partial charge in [-0.3, -0.25) is 9.59 Å². The predicted octanol–water partition coefficient (Wildman–Crippen LogP) is 3.38. The van der Waals surface area contributed by atoms with Crippen LogP contribution in [0.5, 0.6) is 5.75 Å². The fraction of sp³-hybridized carbons (Fsp3) is 0.571. The van der Waals surface area contributed by atoms with E-state index in [1.165, 1.54) is 19.3 Å². The van der Waals surface area contributed by atoms with Crippen molar-refractivity contribution in [3.05, 3.63) is 29.8 Å². The van der Waals surface area contributed by atoms with Gasteiger partial charge in [0.2, 0.25) is 11.8 Å². The summed E-state index contributed by atoms with van der Waals surface area (Å²) in [7, 11) is 0. The van der Waals surface area contributed by atoms with Crippen LogP contribution in [0.4, 0.5) is 0 Å². The molecular weight excluding hydrogens is 342 g/mol. The van der Waals surface area contributed by atoms with Crippen molar-refractivity contribution >= 4 is 17.5 Å². The van der Waals surface area contributed by atoms with Crippen LogP contribution in [0.25, 0.3) is 0 Å². The van der Waals surface area contributed by atoms with Crippen molar-refractivity contribution in [2.24, 2.45) is 5.10 Å². The SMILES string of the molecule is O=C1CCC(CCC(=O)N[C@@H]2CC3(CCCCC3)Oc3ccccc32)=NN1. The third-order valence-corrected chi connectivity index (χ3v) is 5.92. The molecule has 2 amide bonds. The molecule has 3 aliphatic rings. The van der Waals surface area contributed by atoms with Crippen LogP contribution in [0.15, 0.2) is 29.4 Å². The van der Waals surface area contributed by atoms with Crippen molar-refractivity contribution in [2.75, 3.05) is 0 Å². The van der Waals surface area contributed by atoms with Gasteiger partial charge in [0.05, 0.1) is 6.04 Å². The van der Waals surface area contributed by atoms with E-state index in [-0.39, 0.29) is 23.5 Å². The first-order chi connectivity index (χ1) is 13.1. The van der Waals surface area contributed by atoms with E-state index in [1.54, 1.807) is 0 Å². The summed E-state index contributed by atoms with van der Waals surface area (Å²) in [5.41, 5.74) is 4.32. The molecule has 1 aromatic carbocycles. The van der Waals surface area contributed by atoms with Crippen molar-refractivity contribution in [1.82, 2.24) is 10.7 Å². The Morgan fingerprint density at radius 3 is 2.81 bits per heavy atom. The molecule has 1 fully saturated rings. The zero-order chi connectivity index (χ0) is 18.7. The highest BCUT2D eigenvalue weighted by Crippen LogP contribution is 2.46. The largest absolute Gasteiger partial charge is 0.487 e. The topological polar surface area (TPSA) is 79.8 Å². The standard InChI is InChI=1S/C21H27N3O3/c25-19(10-8-15-9-11-20(26)24-23-15)22-17-14-21(12-4-1-5-13-21)27-18-7-3-2-6-16(17)18/h2-3,6-7,17H,1,4-5,8-14H2,(H,22,25)(H,24,26)/t17-/m1/s1. The minimum atomic E-state index is -0.137. The molecule has 27 heavy (non-hydrogen) atoms. The number of carbonyl (C=O) groups excluding carboxylic acids is 2. The molecule has 0 unspecified atom stereocenters. The van der Waals surface area contributed by atoms with Gasteiger partial charge in [0.25, 0.3) is 0 Å². The Balaban J connectivity index is 1.42. The maximum atomic E-state index is 12.6. The maximum Gasteiger partial charge on any atom is 0.240 e. The second kappa shape index (κ2) is 7.71. The van der Waals surface area contributed by atoms with Gasteiger partial charge >= 0.3 is 0 Å². The average molecular weight is 369 g/mol. The maximum absolute atomic E-state index is 12.6. The fourth-order valence-corrected chi connectivity index (χ4v) is 4.47. The van der Waals surface area contributed by atoms with Gasteiger partial charge in [-0.25, -0.2) is 5.43 Å². The quantitative estimate of drug-likeness (QED) is 0.854. The van der Waals surface area contributed by atoms with E-state index >= 15 is 0 Å². The van der Waals surface area contributed by atoms with E-state index in [0.717, 1.165) is 36.3 Å². The number of hydrogen-bond acceptors (Lipinski definition) is 4. The number of nitrogens with one attached hydrogen (secondary N) is 2. The summed E-state index contributed by atoms with van der Waals surface area (Å²) in [6.07, 6.45) is 8.67. The van der Waals surface area contributed by atoms with Crippen molar-refractivity contribution in [1.29, 1.82) is 0 Å². The minimum absolute atomic E-state index is 0.00597. The number of nitrogens with zero attached hydrogens (tertiary/aromatic N) is 1. The number of para-hydroxylation sites is 1. The Hall–Kier alpha value is -2.37. The summed E-state index contributed by atoms with van der Waals surface area (Å²) in [6.45, 7) is 0. The van der Waals surface area contributed by atoms with Crippen LogP contribution in [-0.4, -0.2) is 23.1 Å². The van der Waals surface area contributed by atoms with E-state index in [4.69, 9.17) is 4.74 Å². The monoisotopic (exact) mass is 369 g/mol. The lowest BCUT2D eigenvalue weighted by Crippen LogP contribution is -2.46. The van der Waals surface area contributed by atoms with Crippen molar-refractivity contribution < 1.29 is 14.3 Å². The summed E-state index contributed by atoms with van der Waals surface area (Å²) >= 11 is 0. The molecule has 4 rings (SSSR count). The summed E-state index contributed by atoms with van der Waals surface area (Å²) < 4.78 is 6.43. The molecule has 1 spiro atoms. The number of hydrazone groups is 1. The molecule has 6 nitrogen and oxygen atoms in total. The summed E-state index contributed by atoms with van der Waals surface area (Å²) in [6, 6.07) is 8.06. The molecule has 2 N–H and O–H groups in total. The van der Waals surface area contributed by atoms with Crippen LogP contribution in [0.1, 0.15) is 75.8 Å². The minimum Gasteiger partial charge on any atom is -0.487 e. The summed E-state index contributed by atoms with van der Waals surface area (Å²) in [5.74, 6) is 0.886. The Morgan fingerprint density at radius 1 is 1.22 bits per heavy atom. The number of benzene rings is 1. The number of carbonyl (C=O) groups is 2. The lowest BCUT2D eigenvalue weighted by Gasteiger charge is -2.44. The van der Waals surface area contributed by atoms with E-state index in [1.807, 2.05) is 18.2 Å². The molecule has 1 saturated carbocycles. The molecule has 0 radical (unpaired) electrons. The lowest BCUT2D eigenvalue weighted by atomic mass is 9.77. The zero-order valence-electron chi connectivity index (χ0n) is 15.6. The Labute approximate surface area is 159 Å². The third-order valence-electron chi connectivity index (χ3n) is 5.92. The molecule has 1 atom stereocenters. The molecule has 1 aromatic rings. The van der Waals surface area contributed by atoms with E-state index in [9.17, 15) is 9.59 Å². The molecule has 6 heteroatoms. The summed E-state index contributed by atoms with van der Waals surface area (Å²) in [4.78, 5) is 23.8. The fourth-order valence-electron chi connectivity index (χ4n) is 4.47. The van der Waals surface area contributed by atoms with Crippen molar-refractivity contribution in [2.45, 2.75) is 75.9 Å². The molecule has 0 bridgehead atoms. The van der Waals surface area contributed by atoms with Crippen LogP contribution in [-0.2, 0) is 9.59 Å². The highest BCUT2D eigenvalue weighted by atomic mass is 16.5. The average Bonchev–Trinajstić information content (AvgIpc) is 2.68. The molecule has 144 valence electrons. The second-order valence-electron chi connectivity index (χ2n) is 7.92. The predicted molar refractivity (Wildman–Crippen MR) is 102 cm³/mol. The van der Waals surface area contributed by atoms with Gasteiger partial charge in [0, 0.05) is 30.5 Å². The van der Waals surface area contributed by atoms with Gasteiger partial charge in [-0.2, -0.15) is 5.10 Å². The molecule has 2 aliphatic heterocycles. The molecule has 1 aliphatic carbocycles. The van der Waals surface area contributed by atoms with Crippen molar-refractivity contribution in [3.63, 3.8) is 0 Å². The number of fused-ring (bicyclic) bond motifs is 1. The van der Waals surface area contributed by atoms with Crippen LogP contribution in [0.2, 0.25) is 0 Å². The smallest absolute Gasteiger partial charge is 0.240 e. The van der Waals surface area contributed by atoms with Gasteiger partial charge in [-0.15, -0.1) is 0 Å². The lowest BCUT2D eigenvalue weighted by molar-refractivity contribution is -0.122. The Morgan fingerprint density at radius 2 is 2.04 bits per heavy atom. The van der Waals surface area contributed by atoms with Crippen LogP contribution in [0.3, 0.4) is 0 Å². The van der Waals surface area contributed by atoms with Crippen molar-refractivity contribution in [3.8, 4) is 5.75 Å². The molecule has 0 aromatic heterocycles. The number of hydrogen-bond donors (Lipinski definition) is 2. The van der Waals surface area contributed by atoms with Crippen LogP contribution < -0.4 is 15.5 Å². The number of amides is 2. The first kappa shape index (κ1) is 18.0. The second-order valence-corrected chi connectivity index (χ2v) is 7.92. The van der Waals surface area contributed by atoms with Gasteiger partial charge in [0.15, 0.2) is 0 Å². The Kier molecular flexibility index (Phi) is 5.14. The van der Waals surface area contributed by atoms with E-state index < -0.39 is 0 Å². The number of ether oxygens (including phenoxy) is 1. The first-order valence-electron chi connectivity index (χ1n) is 10.1. The highest BCUT2D eigenvalue weighted by molar-refractivity contribution is 5.94. The highest BCUT2D eigenvalue weighted by Gasteiger charge is 2.42. The van der Waals surface area contributed by atoms with Crippen LogP contribution in [0, 0.1) is 0 Å². The number of rotatable bonds is 4. The van der Waals surface area contributed by atoms with Gasteiger partial charge in [0.1, 0.15) is 11.4 Å². The van der Waals surface area contributed by atoms with Crippen LogP contribution >= 0.6 is 0 Å². The third kappa shape index (κ3) is 4.15. The van der Waals surface area contributed by atoms with Gasteiger partial charge in [-0.1, -0.05) is 24.6 Å². The molecule has 0 saturated heterocycles.